The molecule has 0 radical (unpaired) electrons. The number of aromatic nitrogens is 1. The van der Waals surface area contributed by atoms with Crippen molar-refractivity contribution < 1.29 is 4.42 Å². The van der Waals surface area contributed by atoms with Crippen molar-refractivity contribution in [2.45, 2.75) is 20.3 Å². The Bertz CT molecular complexity index is 692. The zero-order valence-corrected chi connectivity index (χ0v) is 10.1. The molecule has 2 rings (SSSR count). The van der Waals surface area contributed by atoms with Gasteiger partial charge in [-0.25, -0.2) is 9.36 Å². The van der Waals surface area contributed by atoms with Crippen LogP contribution < -0.4 is 16.5 Å². The lowest BCUT2D eigenvalue weighted by Crippen LogP contribution is -2.29. The summed E-state index contributed by atoms with van der Waals surface area (Å²) in [5, 5.41) is 0.599. The van der Waals surface area contributed by atoms with Crippen molar-refractivity contribution >= 4 is 12.7 Å². The van der Waals surface area contributed by atoms with Gasteiger partial charge in [0.1, 0.15) is 0 Å². The maximum atomic E-state index is 11.8. The van der Waals surface area contributed by atoms with E-state index < -0.39 is 0 Å². The van der Waals surface area contributed by atoms with E-state index in [0.29, 0.717) is 10.8 Å². The van der Waals surface area contributed by atoms with Gasteiger partial charge in [0, 0.05) is 0 Å². The molecule has 0 bridgehead atoms. The second-order valence-electron chi connectivity index (χ2n) is 3.97. The molecule has 17 heavy (non-hydrogen) atoms. The second kappa shape index (κ2) is 4.45. The molecular weight excluding hydrogens is 214 g/mol. The summed E-state index contributed by atoms with van der Waals surface area (Å²) in [4.78, 5) is 11.8. The summed E-state index contributed by atoms with van der Waals surface area (Å²) in [6.07, 6.45) is 2.67. The molecule has 0 atom stereocenters. The number of oxazole rings is 1. The lowest BCUT2D eigenvalue weighted by atomic mass is 10.2. The van der Waals surface area contributed by atoms with E-state index in [4.69, 9.17) is 4.42 Å². The lowest BCUT2D eigenvalue weighted by Gasteiger charge is -2.00. The molecule has 0 N–H and O–H groups in total. The minimum Gasteiger partial charge on any atom is -0.408 e. The van der Waals surface area contributed by atoms with Gasteiger partial charge in [0.05, 0.1) is 11.0 Å². The van der Waals surface area contributed by atoms with E-state index in [1.165, 1.54) is 4.57 Å². The van der Waals surface area contributed by atoms with Gasteiger partial charge in [0.25, 0.3) is 0 Å². The summed E-state index contributed by atoms with van der Waals surface area (Å²) in [5.41, 5.74) is 2.44. The Balaban J connectivity index is 2.74. The molecule has 0 aliphatic heterocycles. The number of rotatable bonds is 2. The number of aryl methyl sites for hydroxylation is 1. The van der Waals surface area contributed by atoms with Gasteiger partial charge in [0.2, 0.25) is 0 Å². The predicted octanol–water partition coefficient (Wildman–Crippen LogP) is 1.34. The fraction of sp³-hybridized carbons (Fsp3) is 0.214. The van der Waals surface area contributed by atoms with Crippen molar-refractivity contribution in [1.82, 2.24) is 4.57 Å². The van der Waals surface area contributed by atoms with Crippen LogP contribution in [0.25, 0.3) is 18.3 Å². The highest BCUT2D eigenvalue weighted by molar-refractivity contribution is 5.36. The van der Waals surface area contributed by atoms with Crippen LogP contribution in [0, 0.1) is 6.92 Å². The summed E-state index contributed by atoms with van der Waals surface area (Å²) < 4.78 is 6.66. The number of hydrogen-bond acceptors (Lipinski definition) is 2. The van der Waals surface area contributed by atoms with Crippen LogP contribution in [0.4, 0.5) is 0 Å². The molecule has 0 saturated carbocycles. The molecule has 0 amide bonds. The number of nitrogens with zero attached hydrogens (tertiary/aromatic N) is 1. The predicted molar refractivity (Wildman–Crippen MR) is 68.6 cm³/mol. The van der Waals surface area contributed by atoms with E-state index in [-0.39, 0.29) is 5.76 Å². The average Bonchev–Trinajstić information content (AvgIpc) is 2.55. The highest BCUT2D eigenvalue weighted by Crippen LogP contribution is 2.05. The van der Waals surface area contributed by atoms with Crippen LogP contribution in [-0.2, 0) is 0 Å². The Morgan fingerprint density at radius 2 is 2.24 bits per heavy atom. The maximum absolute atomic E-state index is 11.8. The van der Waals surface area contributed by atoms with E-state index in [1.807, 2.05) is 44.2 Å². The molecule has 0 saturated heterocycles. The van der Waals surface area contributed by atoms with Crippen LogP contribution in [-0.4, -0.2) is 4.57 Å². The van der Waals surface area contributed by atoms with Crippen molar-refractivity contribution in [1.29, 1.82) is 0 Å². The van der Waals surface area contributed by atoms with Crippen LogP contribution in [0.5, 0.6) is 0 Å². The maximum Gasteiger partial charge on any atom is 0.424 e. The Hall–Kier alpha value is -2.03. The number of benzene rings is 1. The first kappa shape index (κ1) is 11.5. The molecule has 0 unspecified atom stereocenters. The van der Waals surface area contributed by atoms with Crippen molar-refractivity contribution in [2.24, 2.45) is 0 Å². The third-order valence-electron chi connectivity index (χ3n) is 2.58. The molecule has 1 heterocycles. The largest absolute Gasteiger partial charge is 0.424 e. The molecule has 0 aliphatic carbocycles. The van der Waals surface area contributed by atoms with Crippen molar-refractivity contribution in [2.75, 3.05) is 0 Å². The highest BCUT2D eigenvalue weighted by Gasteiger charge is 2.05. The Morgan fingerprint density at radius 3 is 2.88 bits per heavy atom. The Kier molecular flexibility index (Phi) is 3.00. The van der Waals surface area contributed by atoms with E-state index >= 15 is 0 Å². The summed E-state index contributed by atoms with van der Waals surface area (Å²) in [5.74, 6) is -0.389. The summed E-state index contributed by atoms with van der Waals surface area (Å²) in [6, 6.07) is 7.69. The fourth-order valence-electron chi connectivity index (χ4n) is 1.79. The smallest absolute Gasteiger partial charge is 0.408 e. The molecule has 0 aliphatic rings. The van der Waals surface area contributed by atoms with Crippen LogP contribution in [0.1, 0.15) is 18.9 Å². The van der Waals surface area contributed by atoms with Gasteiger partial charge in [-0.1, -0.05) is 25.6 Å². The molecule has 3 nitrogen and oxygen atoms in total. The third kappa shape index (κ3) is 2.09. The molecule has 1 aromatic heterocycles. The molecule has 3 heteroatoms. The monoisotopic (exact) mass is 229 g/mol. The topological polar surface area (TPSA) is 35.1 Å². The first-order chi connectivity index (χ1) is 8.13. The van der Waals surface area contributed by atoms with E-state index in [9.17, 15) is 4.79 Å². The standard InChI is InChI=1S/C14H15NO2/c1-4-6-13-11(3)15(14(16)17-13)12-8-5-7-10(2)9-12/h5-9H,3-4H2,1-2H3/b13-6-. The van der Waals surface area contributed by atoms with E-state index in [0.717, 1.165) is 17.7 Å². The molecular formula is C14H15NO2. The minimum absolute atomic E-state index is 0.389. The van der Waals surface area contributed by atoms with Gasteiger partial charge in [-0.3, -0.25) is 0 Å². The van der Waals surface area contributed by atoms with Gasteiger partial charge >= 0.3 is 5.76 Å². The third-order valence-corrected chi connectivity index (χ3v) is 2.58. The fourth-order valence-corrected chi connectivity index (χ4v) is 1.79. The van der Waals surface area contributed by atoms with Crippen molar-refractivity contribution in [3.05, 3.63) is 51.1 Å². The first-order valence-corrected chi connectivity index (χ1v) is 5.61. The Morgan fingerprint density at radius 1 is 1.47 bits per heavy atom. The molecule has 88 valence electrons. The average molecular weight is 229 g/mol. The van der Waals surface area contributed by atoms with Gasteiger partial charge < -0.3 is 4.42 Å². The normalized spacial score (nSPS) is 12.0. The second-order valence-corrected chi connectivity index (χ2v) is 3.97. The summed E-state index contributed by atoms with van der Waals surface area (Å²) in [6.45, 7) is 7.88. The summed E-state index contributed by atoms with van der Waals surface area (Å²) >= 11 is 0. The highest BCUT2D eigenvalue weighted by atomic mass is 16.4. The van der Waals surface area contributed by atoms with Crippen molar-refractivity contribution in [3.63, 3.8) is 0 Å². The van der Waals surface area contributed by atoms with Crippen LogP contribution in [0.3, 0.4) is 0 Å². The molecule has 1 aromatic carbocycles. The van der Waals surface area contributed by atoms with E-state index in [1.54, 1.807) is 0 Å². The Labute approximate surface area is 99.3 Å². The zero-order valence-electron chi connectivity index (χ0n) is 10.1. The molecule has 0 fully saturated rings. The summed E-state index contributed by atoms with van der Waals surface area (Å²) in [7, 11) is 0. The van der Waals surface area contributed by atoms with Gasteiger partial charge in [-0.05, 0) is 37.1 Å². The van der Waals surface area contributed by atoms with Crippen molar-refractivity contribution in [3.8, 4) is 5.69 Å². The molecule has 0 spiro atoms. The molecule has 2 aromatic rings. The quantitative estimate of drug-likeness (QED) is 0.779. The van der Waals surface area contributed by atoms with Gasteiger partial charge in [0.15, 0.2) is 5.42 Å². The van der Waals surface area contributed by atoms with Crippen LogP contribution >= 0.6 is 0 Å². The van der Waals surface area contributed by atoms with Gasteiger partial charge in [-0.2, -0.15) is 0 Å². The first-order valence-electron chi connectivity index (χ1n) is 5.61. The number of hydrogen-bond donors (Lipinski definition) is 0. The van der Waals surface area contributed by atoms with E-state index in [2.05, 4.69) is 6.58 Å². The zero-order chi connectivity index (χ0) is 12.4. The van der Waals surface area contributed by atoms with Gasteiger partial charge in [-0.15, -0.1) is 0 Å². The van der Waals surface area contributed by atoms with Crippen LogP contribution in [0.2, 0.25) is 0 Å². The SMILES string of the molecule is C=c1/c(=C/CC)oc(=O)n1-c1cccc(C)c1. The van der Waals surface area contributed by atoms with Crippen LogP contribution in [0.15, 0.2) is 33.5 Å². The lowest BCUT2D eigenvalue weighted by molar-refractivity contribution is 0.476. The minimum atomic E-state index is -0.389.